The van der Waals surface area contributed by atoms with Crippen LogP contribution < -0.4 is 0 Å². The maximum Gasteiger partial charge on any atom is 0.377 e. The van der Waals surface area contributed by atoms with Gasteiger partial charge in [-0.2, -0.15) is 0 Å². The molecule has 0 amide bonds. The van der Waals surface area contributed by atoms with Crippen LogP contribution in [0.15, 0.2) is 18.2 Å². The predicted molar refractivity (Wildman–Crippen MR) is 61.9 cm³/mol. The zero-order valence-corrected chi connectivity index (χ0v) is 9.78. The first-order valence-corrected chi connectivity index (χ1v) is 5.37. The SMILES string of the molecule is CCc1ccc(C(C)C)c(C(=O)C(=O)O)c1. The van der Waals surface area contributed by atoms with Crippen molar-refractivity contribution in [1.29, 1.82) is 0 Å². The van der Waals surface area contributed by atoms with Crippen molar-refractivity contribution in [3.8, 4) is 0 Å². The van der Waals surface area contributed by atoms with Crippen LogP contribution in [0.25, 0.3) is 0 Å². The number of carboxylic acid groups (broad SMARTS) is 1. The number of carbonyl (C=O) groups excluding carboxylic acids is 1. The van der Waals surface area contributed by atoms with E-state index in [0.29, 0.717) is 5.56 Å². The molecular weight excluding hydrogens is 204 g/mol. The molecule has 16 heavy (non-hydrogen) atoms. The highest BCUT2D eigenvalue weighted by atomic mass is 16.4. The Labute approximate surface area is 95.1 Å². The van der Waals surface area contributed by atoms with Crippen LogP contribution >= 0.6 is 0 Å². The molecule has 0 aliphatic rings. The van der Waals surface area contributed by atoms with Crippen molar-refractivity contribution in [2.45, 2.75) is 33.1 Å². The lowest BCUT2D eigenvalue weighted by Crippen LogP contribution is -2.15. The third kappa shape index (κ3) is 2.48. The Kier molecular flexibility index (Phi) is 3.82. The van der Waals surface area contributed by atoms with Gasteiger partial charge < -0.3 is 5.11 Å². The number of aryl methyl sites for hydroxylation is 1. The molecule has 0 aromatic heterocycles. The summed E-state index contributed by atoms with van der Waals surface area (Å²) in [7, 11) is 0. The van der Waals surface area contributed by atoms with Crippen LogP contribution in [-0.4, -0.2) is 16.9 Å². The monoisotopic (exact) mass is 220 g/mol. The molecule has 0 bridgehead atoms. The van der Waals surface area contributed by atoms with E-state index in [9.17, 15) is 9.59 Å². The Balaban J connectivity index is 3.31. The van der Waals surface area contributed by atoms with Crippen LogP contribution in [0.3, 0.4) is 0 Å². The summed E-state index contributed by atoms with van der Waals surface area (Å²) in [5, 5.41) is 8.76. The fourth-order valence-electron chi connectivity index (χ4n) is 1.64. The summed E-state index contributed by atoms with van der Waals surface area (Å²) >= 11 is 0. The minimum absolute atomic E-state index is 0.143. The van der Waals surface area contributed by atoms with Crippen LogP contribution in [0.2, 0.25) is 0 Å². The molecule has 0 heterocycles. The van der Waals surface area contributed by atoms with Gasteiger partial charge in [0.1, 0.15) is 0 Å². The molecule has 0 unspecified atom stereocenters. The Hall–Kier alpha value is -1.64. The molecule has 1 aromatic carbocycles. The molecule has 0 aliphatic carbocycles. The van der Waals surface area contributed by atoms with Gasteiger partial charge in [0, 0.05) is 5.56 Å². The van der Waals surface area contributed by atoms with E-state index in [-0.39, 0.29) is 5.92 Å². The van der Waals surface area contributed by atoms with Crippen molar-refractivity contribution in [2.24, 2.45) is 0 Å². The van der Waals surface area contributed by atoms with Gasteiger partial charge in [0.15, 0.2) is 0 Å². The number of carbonyl (C=O) groups is 2. The number of hydrogen-bond donors (Lipinski definition) is 1. The molecule has 0 fully saturated rings. The summed E-state index contributed by atoms with van der Waals surface area (Å²) < 4.78 is 0. The lowest BCUT2D eigenvalue weighted by molar-refractivity contribution is -0.131. The van der Waals surface area contributed by atoms with Crippen LogP contribution in [-0.2, 0) is 11.2 Å². The Morgan fingerprint density at radius 2 is 1.94 bits per heavy atom. The molecule has 0 radical (unpaired) electrons. The van der Waals surface area contributed by atoms with E-state index in [4.69, 9.17) is 5.11 Å². The van der Waals surface area contributed by atoms with Crippen LogP contribution in [0, 0.1) is 0 Å². The second-order valence-corrected chi connectivity index (χ2v) is 4.06. The Morgan fingerprint density at radius 1 is 1.31 bits per heavy atom. The van der Waals surface area contributed by atoms with Gasteiger partial charge in [-0.25, -0.2) is 4.79 Å². The Bertz CT molecular complexity index is 419. The number of Topliss-reactive ketones (excluding diaryl/α,β-unsaturated/α-hetero) is 1. The minimum Gasteiger partial charge on any atom is -0.475 e. The third-order valence-corrected chi connectivity index (χ3v) is 2.59. The van der Waals surface area contributed by atoms with Crippen molar-refractivity contribution >= 4 is 11.8 Å². The molecule has 0 spiro atoms. The van der Waals surface area contributed by atoms with Crippen molar-refractivity contribution < 1.29 is 14.7 Å². The molecule has 1 aromatic rings. The molecule has 1 rings (SSSR count). The summed E-state index contributed by atoms with van der Waals surface area (Å²) in [6.45, 7) is 5.86. The molecule has 86 valence electrons. The summed E-state index contributed by atoms with van der Waals surface area (Å²) in [6, 6.07) is 5.47. The largest absolute Gasteiger partial charge is 0.475 e. The van der Waals surface area contributed by atoms with Crippen molar-refractivity contribution in [3.05, 3.63) is 34.9 Å². The highest BCUT2D eigenvalue weighted by Crippen LogP contribution is 2.21. The summed E-state index contributed by atoms with van der Waals surface area (Å²) in [5.41, 5.74) is 2.10. The van der Waals surface area contributed by atoms with E-state index in [1.54, 1.807) is 6.07 Å². The predicted octanol–water partition coefficient (Wildman–Crippen LogP) is 2.64. The first kappa shape index (κ1) is 12.4. The fourth-order valence-corrected chi connectivity index (χ4v) is 1.64. The van der Waals surface area contributed by atoms with Crippen molar-refractivity contribution in [2.75, 3.05) is 0 Å². The molecule has 3 heteroatoms. The second kappa shape index (κ2) is 4.92. The molecule has 0 aliphatic heterocycles. The van der Waals surface area contributed by atoms with Crippen LogP contribution in [0.4, 0.5) is 0 Å². The van der Waals surface area contributed by atoms with Gasteiger partial charge in [-0.1, -0.05) is 32.9 Å². The normalized spacial score (nSPS) is 10.5. The highest BCUT2D eigenvalue weighted by Gasteiger charge is 2.20. The van der Waals surface area contributed by atoms with Crippen LogP contribution in [0.5, 0.6) is 0 Å². The lowest BCUT2D eigenvalue weighted by Gasteiger charge is -2.11. The standard InChI is InChI=1S/C13H16O3/c1-4-9-5-6-10(8(2)3)11(7-9)12(14)13(15)16/h5-8H,4H2,1-3H3,(H,15,16). The average Bonchev–Trinajstić information content (AvgIpc) is 2.26. The van der Waals surface area contributed by atoms with Gasteiger partial charge >= 0.3 is 5.97 Å². The quantitative estimate of drug-likeness (QED) is 0.627. The minimum atomic E-state index is -1.39. The molecule has 0 atom stereocenters. The van der Waals surface area contributed by atoms with Crippen molar-refractivity contribution in [1.82, 2.24) is 0 Å². The van der Waals surface area contributed by atoms with E-state index in [0.717, 1.165) is 17.5 Å². The number of carboxylic acids is 1. The van der Waals surface area contributed by atoms with Gasteiger partial charge in [-0.05, 0) is 29.5 Å². The van der Waals surface area contributed by atoms with Gasteiger partial charge in [0.05, 0.1) is 0 Å². The van der Waals surface area contributed by atoms with Crippen molar-refractivity contribution in [3.63, 3.8) is 0 Å². The zero-order valence-electron chi connectivity index (χ0n) is 9.78. The number of aliphatic carboxylic acids is 1. The number of ketones is 1. The topological polar surface area (TPSA) is 54.4 Å². The molecule has 0 saturated heterocycles. The molecule has 3 nitrogen and oxygen atoms in total. The third-order valence-electron chi connectivity index (χ3n) is 2.59. The highest BCUT2D eigenvalue weighted by molar-refractivity contribution is 6.40. The summed E-state index contributed by atoms with van der Waals surface area (Å²) in [4.78, 5) is 22.3. The van der Waals surface area contributed by atoms with Gasteiger partial charge in [-0.15, -0.1) is 0 Å². The van der Waals surface area contributed by atoms with E-state index in [1.807, 2.05) is 32.9 Å². The number of hydrogen-bond acceptors (Lipinski definition) is 2. The maximum absolute atomic E-state index is 11.5. The van der Waals surface area contributed by atoms with E-state index < -0.39 is 11.8 Å². The van der Waals surface area contributed by atoms with Crippen LogP contribution in [0.1, 0.15) is 48.2 Å². The first-order valence-electron chi connectivity index (χ1n) is 5.37. The fraction of sp³-hybridized carbons (Fsp3) is 0.385. The van der Waals surface area contributed by atoms with Gasteiger partial charge in [-0.3, -0.25) is 4.79 Å². The molecule has 1 N–H and O–H groups in total. The van der Waals surface area contributed by atoms with Gasteiger partial charge in [0.25, 0.3) is 5.78 Å². The first-order chi connectivity index (χ1) is 7.47. The lowest BCUT2D eigenvalue weighted by atomic mass is 9.92. The second-order valence-electron chi connectivity index (χ2n) is 4.06. The summed E-state index contributed by atoms with van der Waals surface area (Å²) in [6.07, 6.45) is 0.790. The zero-order chi connectivity index (χ0) is 12.3. The summed E-state index contributed by atoms with van der Waals surface area (Å²) in [5.74, 6) is -2.07. The smallest absolute Gasteiger partial charge is 0.377 e. The maximum atomic E-state index is 11.5. The Morgan fingerprint density at radius 3 is 2.38 bits per heavy atom. The molecular formula is C13H16O3. The molecule has 0 saturated carbocycles. The van der Waals surface area contributed by atoms with E-state index in [1.165, 1.54) is 0 Å². The van der Waals surface area contributed by atoms with E-state index in [2.05, 4.69) is 0 Å². The number of rotatable bonds is 4. The average molecular weight is 220 g/mol. The number of benzene rings is 1. The van der Waals surface area contributed by atoms with E-state index >= 15 is 0 Å². The van der Waals surface area contributed by atoms with Gasteiger partial charge in [0.2, 0.25) is 0 Å².